The highest BCUT2D eigenvalue weighted by atomic mass is 19.4. The predicted molar refractivity (Wildman–Crippen MR) is 133 cm³/mol. The van der Waals surface area contributed by atoms with Crippen molar-refractivity contribution < 1.29 is 45.1 Å². The van der Waals surface area contributed by atoms with Gasteiger partial charge in [0, 0.05) is 36.3 Å². The number of hydrogen-bond donors (Lipinski definition) is 2. The Labute approximate surface area is 231 Å². The van der Waals surface area contributed by atoms with Gasteiger partial charge in [-0.2, -0.15) is 26.3 Å². The standard InChI is InChI=1S/C28H28F7N3O3/c29-21-9-7-16(8-10-21)24(39)36-22-5-1-2-6-23(22)37-25(40)17-4-3-11-38(15-17)26(41)18-12-19(27(30,31)32)14-20(13-18)28(33,34)35/h7-10,12-14,17,22-23H,1-6,11,15H2,(H,36,39)(H,37,40)/t17?,22-,23-/m1/s1. The molecule has 3 atom stereocenters. The van der Waals surface area contributed by atoms with Gasteiger partial charge in [-0.1, -0.05) is 12.8 Å². The number of carbonyl (C=O) groups is 3. The van der Waals surface area contributed by atoms with E-state index in [2.05, 4.69) is 10.6 Å². The quantitative estimate of drug-likeness (QED) is 0.449. The Hall–Kier alpha value is -3.64. The Morgan fingerprint density at radius 2 is 1.29 bits per heavy atom. The minimum absolute atomic E-state index is 0.0430. The van der Waals surface area contributed by atoms with Crippen LogP contribution in [0.25, 0.3) is 0 Å². The number of alkyl halides is 6. The molecule has 6 nitrogen and oxygen atoms in total. The Bertz CT molecular complexity index is 1250. The average molecular weight is 588 g/mol. The summed E-state index contributed by atoms with van der Waals surface area (Å²) in [6.07, 6.45) is -6.74. The summed E-state index contributed by atoms with van der Waals surface area (Å²) in [6.45, 7) is -0.110. The highest BCUT2D eigenvalue weighted by molar-refractivity contribution is 5.95. The Morgan fingerprint density at radius 3 is 1.85 bits per heavy atom. The molecule has 222 valence electrons. The first-order valence-corrected chi connectivity index (χ1v) is 13.2. The lowest BCUT2D eigenvalue weighted by atomic mass is 9.88. The second-order valence-corrected chi connectivity index (χ2v) is 10.4. The van der Waals surface area contributed by atoms with E-state index in [-0.39, 0.29) is 24.7 Å². The van der Waals surface area contributed by atoms with Gasteiger partial charge in [0.2, 0.25) is 5.91 Å². The van der Waals surface area contributed by atoms with Crippen LogP contribution in [0.5, 0.6) is 0 Å². The summed E-state index contributed by atoms with van der Waals surface area (Å²) in [5.74, 6) is -3.10. The third-order valence-electron chi connectivity index (χ3n) is 7.43. The molecule has 4 rings (SSSR count). The number of piperidine rings is 1. The minimum atomic E-state index is -5.09. The minimum Gasteiger partial charge on any atom is -0.351 e. The average Bonchev–Trinajstić information content (AvgIpc) is 2.93. The van der Waals surface area contributed by atoms with E-state index < -0.39 is 70.6 Å². The number of nitrogens with zero attached hydrogens (tertiary/aromatic N) is 1. The van der Waals surface area contributed by atoms with Gasteiger partial charge in [-0.05, 0) is 68.1 Å². The summed E-state index contributed by atoms with van der Waals surface area (Å²) < 4.78 is 92.8. The molecule has 1 saturated carbocycles. The van der Waals surface area contributed by atoms with Gasteiger partial charge in [0.05, 0.1) is 17.0 Å². The molecule has 1 aliphatic carbocycles. The van der Waals surface area contributed by atoms with Gasteiger partial charge >= 0.3 is 12.4 Å². The summed E-state index contributed by atoms with van der Waals surface area (Å²) in [4.78, 5) is 40.0. The van der Waals surface area contributed by atoms with E-state index in [1.807, 2.05) is 0 Å². The van der Waals surface area contributed by atoms with E-state index in [4.69, 9.17) is 0 Å². The number of hydrogen-bond acceptors (Lipinski definition) is 3. The molecule has 2 N–H and O–H groups in total. The van der Waals surface area contributed by atoms with Gasteiger partial charge in [0.1, 0.15) is 5.82 Å². The van der Waals surface area contributed by atoms with Crippen LogP contribution in [-0.2, 0) is 17.1 Å². The Kier molecular flexibility index (Phi) is 8.93. The van der Waals surface area contributed by atoms with Crippen LogP contribution in [0.4, 0.5) is 30.7 Å². The van der Waals surface area contributed by atoms with E-state index in [9.17, 15) is 45.1 Å². The van der Waals surface area contributed by atoms with Crippen LogP contribution in [0.15, 0.2) is 42.5 Å². The maximum atomic E-state index is 13.3. The lowest BCUT2D eigenvalue weighted by Gasteiger charge is -2.36. The normalized spacial score (nSPS) is 21.7. The van der Waals surface area contributed by atoms with E-state index in [0.717, 1.165) is 29.9 Å². The predicted octanol–water partition coefficient (Wildman–Crippen LogP) is 5.57. The van der Waals surface area contributed by atoms with Crippen molar-refractivity contribution >= 4 is 17.7 Å². The van der Waals surface area contributed by atoms with Crippen molar-refractivity contribution in [3.8, 4) is 0 Å². The molecular weight excluding hydrogens is 559 g/mol. The fourth-order valence-corrected chi connectivity index (χ4v) is 5.27. The summed E-state index contributed by atoms with van der Waals surface area (Å²) in [7, 11) is 0. The molecule has 1 aliphatic heterocycles. The molecule has 2 aromatic rings. The van der Waals surface area contributed by atoms with Crippen molar-refractivity contribution in [1.82, 2.24) is 15.5 Å². The molecule has 3 amide bonds. The lowest BCUT2D eigenvalue weighted by molar-refractivity contribution is -0.143. The summed E-state index contributed by atoms with van der Waals surface area (Å²) >= 11 is 0. The molecule has 2 aromatic carbocycles. The monoisotopic (exact) mass is 587 g/mol. The van der Waals surface area contributed by atoms with Crippen LogP contribution >= 0.6 is 0 Å². The molecule has 13 heteroatoms. The largest absolute Gasteiger partial charge is 0.416 e. The molecule has 0 radical (unpaired) electrons. The Balaban J connectivity index is 1.44. The molecule has 0 bridgehead atoms. The van der Waals surface area contributed by atoms with Gasteiger partial charge in [0.15, 0.2) is 0 Å². The lowest BCUT2D eigenvalue weighted by Crippen LogP contribution is -2.55. The first kappa shape index (κ1) is 30.3. The van der Waals surface area contributed by atoms with Crippen molar-refractivity contribution in [3.05, 3.63) is 70.5 Å². The zero-order valence-corrected chi connectivity index (χ0v) is 21.7. The number of likely N-dealkylation sites (tertiary alicyclic amines) is 1. The van der Waals surface area contributed by atoms with E-state index >= 15 is 0 Å². The molecular formula is C28H28F7N3O3. The van der Waals surface area contributed by atoms with Crippen molar-refractivity contribution in [3.63, 3.8) is 0 Å². The van der Waals surface area contributed by atoms with Crippen molar-refractivity contribution in [1.29, 1.82) is 0 Å². The Morgan fingerprint density at radius 1 is 0.732 bits per heavy atom. The van der Waals surface area contributed by atoms with Gasteiger partial charge in [-0.3, -0.25) is 14.4 Å². The number of carbonyl (C=O) groups excluding carboxylic acids is 3. The highest BCUT2D eigenvalue weighted by Gasteiger charge is 2.39. The second kappa shape index (κ2) is 12.1. The fraction of sp³-hybridized carbons (Fsp3) is 0.464. The number of nitrogens with one attached hydrogen (secondary N) is 2. The molecule has 0 spiro atoms. The smallest absolute Gasteiger partial charge is 0.351 e. The van der Waals surface area contributed by atoms with Crippen molar-refractivity contribution in [2.24, 2.45) is 5.92 Å². The molecule has 0 aromatic heterocycles. The van der Waals surface area contributed by atoms with Crippen LogP contribution in [0.2, 0.25) is 0 Å². The van der Waals surface area contributed by atoms with E-state index in [1.54, 1.807) is 0 Å². The number of benzene rings is 2. The van der Waals surface area contributed by atoms with Crippen LogP contribution in [-0.4, -0.2) is 47.8 Å². The maximum Gasteiger partial charge on any atom is 0.416 e. The maximum absolute atomic E-state index is 13.3. The van der Waals surface area contributed by atoms with Gasteiger partial charge < -0.3 is 15.5 Å². The zero-order valence-electron chi connectivity index (χ0n) is 21.7. The summed E-state index contributed by atoms with van der Waals surface area (Å²) in [5.41, 5.74) is -3.68. The van der Waals surface area contributed by atoms with E-state index in [0.29, 0.717) is 37.8 Å². The van der Waals surface area contributed by atoms with Crippen molar-refractivity contribution in [2.75, 3.05) is 13.1 Å². The third-order valence-corrected chi connectivity index (χ3v) is 7.43. The first-order valence-electron chi connectivity index (χ1n) is 13.2. The molecule has 1 heterocycles. The first-order chi connectivity index (χ1) is 19.2. The van der Waals surface area contributed by atoms with E-state index in [1.165, 1.54) is 12.1 Å². The third kappa shape index (κ3) is 7.56. The highest BCUT2D eigenvalue weighted by Crippen LogP contribution is 2.37. The second-order valence-electron chi connectivity index (χ2n) is 10.4. The van der Waals surface area contributed by atoms with Gasteiger partial charge in [-0.15, -0.1) is 0 Å². The zero-order chi connectivity index (χ0) is 29.9. The van der Waals surface area contributed by atoms with Gasteiger partial charge in [0.25, 0.3) is 11.8 Å². The molecule has 1 saturated heterocycles. The molecule has 2 fully saturated rings. The van der Waals surface area contributed by atoms with Crippen LogP contribution in [0.3, 0.4) is 0 Å². The summed E-state index contributed by atoms with van der Waals surface area (Å²) in [6, 6.07) is 4.91. The molecule has 2 aliphatic rings. The summed E-state index contributed by atoms with van der Waals surface area (Å²) in [5, 5.41) is 5.78. The topological polar surface area (TPSA) is 78.5 Å². The van der Waals surface area contributed by atoms with Crippen LogP contribution < -0.4 is 10.6 Å². The SMILES string of the molecule is O=C(N[C@@H]1CCCC[C@H]1NC(=O)C1CCCN(C(=O)c2cc(C(F)(F)F)cc(C(F)(F)F)c2)C1)c1ccc(F)cc1. The van der Waals surface area contributed by atoms with Crippen LogP contribution in [0, 0.1) is 11.7 Å². The fourth-order valence-electron chi connectivity index (χ4n) is 5.27. The van der Waals surface area contributed by atoms with Crippen molar-refractivity contribution in [2.45, 2.75) is 63.0 Å². The number of halogens is 7. The number of amides is 3. The number of rotatable bonds is 5. The van der Waals surface area contributed by atoms with Gasteiger partial charge in [-0.25, -0.2) is 4.39 Å². The van der Waals surface area contributed by atoms with Crippen LogP contribution in [0.1, 0.15) is 70.4 Å². The molecule has 1 unspecified atom stereocenters. The molecule has 41 heavy (non-hydrogen) atoms.